The second-order valence-electron chi connectivity index (χ2n) is 6.56. The Labute approximate surface area is 168 Å². The maximum absolute atomic E-state index is 12.4. The molecule has 0 saturated carbocycles. The van der Waals surface area contributed by atoms with Crippen molar-refractivity contribution in [3.05, 3.63) is 65.5 Å². The van der Waals surface area contributed by atoms with Gasteiger partial charge >= 0.3 is 0 Å². The predicted molar refractivity (Wildman–Crippen MR) is 107 cm³/mol. The van der Waals surface area contributed by atoms with E-state index >= 15 is 0 Å². The van der Waals surface area contributed by atoms with Crippen LogP contribution in [-0.4, -0.2) is 39.1 Å². The van der Waals surface area contributed by atoms with Gasteiger partial charge in [0.15, 0.2) is 5.82 Å². The number of ether oxygens (including phenoxy) is 1. The number of anilines is 1. The van der Waals surface area contributed by atoms with Crippen LogP contribution in [0.15, 0.2) is 48.5 Å². The lowest BCUT2D eigenvalue weighted by Gasteiger charge is -2.10. The lowest BCUT2D eigenvalue weighted by Crippen LogP contribution is -2.17. The van der Waals surface area contributed by atoms with E-state index in [0.717, 1.165) is 0 Å². The topological polar surface area (TPSA) is 111 Å². The first-order valence-electron chi connectivity index (χ1n) is 9.11. The maximum Gasteiger partial charge on any atom is 0.255 e. The number of nitrogens with one attached hydrogen (secondary N) is 2. The zero-order valence-corrected chi connectivity index (χ0v) is 16.4. The molecule has 0 saturated heterocycles. The van der Waals surface area contributed by atoms with Crippen molar-refractivity contribution in [1.82, 2.24) is 25.5 Å². The van der Waals surface area contributed by atoms with E-state index in [-0.39, 0.29) is 24.5 Å². The van der Waals surface area contributed by atoms with E-state index in [1.165, 1.54) is 0 Å². The number of nitrogens with zero attached hydrogens (tertiary/aromatic N) is 4. The van der Waals surface area contributed by atoms with Gasteiger partial charge in [-0.2, -0.15) is 0 Å². The number of amides is 2. The Morgan fingerprint density at radius 3 is 2.24 bits per heavy atom. The predicted octanol–water partition coefficient (Wildman–Crippen LogP) is 2.44. The fourth-order valence-corrected chi connectivity index (χ4v) is 2.61. The van der Waals surface area contributed by atoms with Crippen molar-refractivity contribution in [2.24, 2.45) is 0 Å². The van der Waals surface area contributed by atoms with Gasteiger partial charge in [0.25, 0.3) is 11.8 Å². The average molecular weight is 394 g/mol. The lowest BCUT2D eigenvalue weighted by molar-refractivity contribution is 0.0962. The Hall–Kier alpha value is -3.75. The molecule has 0 aliphatic rings. The molecule has 0 bridgehead atoms. The van der Waals surface area contributed by atoms with E-state index < -0.39 is 0 Å². The summed E-state index contributed by atoms with van der Waals surface area (Å²) in [6.45, 7) is 4.20. The van der Waals surface area contributed by atoms with Gasteiger partial charge in [-0.1, -0.05) is 0 Å². The zero-order valence-electron chi connectivity index (χ0n) is 16.4. The van der Waals surface area contributed by atoms with E-state index in [9.17, 15) is 9.59 Å². The highest BCUT2D eigenvalue weighted by atomic mass is 16.5. The van der Waals surface area contributed by atoms with E-state index in [1.807, 2.05) is 13.8 Å². The number of rotatable bonds is 7. The van der Waals surface area contributed by atoms with Crippen molar-refractivity contribution in [2.45, 2.75) is 26.5 Å². The van der Waals surface area contributed by atoms with Crippen molar-refractivity contribution in [3.63, 3.8) is 0 Å². The largest absolute Gasteiger partial charge is 0.486 e. The third kappa shape index (κ3) is 4.95. The van der Waals surface area contributed by atoms with Crippen LogP contribution in [0.25, 0.3) is 0 Å². The summed E-state index contributed by atoms with van der Waals surface area (Å²) in [5.74, 6) is 0.797. The summed E-state index contributed by atoms with van der Waals surface area (Å²) in [7, 11) is 1.57. The van der Waals surface area contributed by atoms with E-state index in [0.29, 0.717) is 28.4 Å². The molecule has 0 aliphatic heterocycles. The van der Waals surface area contributed by atoms with Crippen LogP contribution in [0, 0.1) is 0 Å². The molecule has 2 amide bonds. The number of carbonyl (C=O) groups is 2. The van der Waals surface area contributed by atoms with Gasteiger partial charge in [-0.15, -0.1) is 5.10 Å². The Bertz CT molecular complexity index is 980. The Morgan fingerprint density at radius 1 is 1.00 bits per heavy atom. The highest BCUT2D eigenvalue weighted by Gasteiger charge is 2.11. The third-order valence-electron chi connectivity index (χ3n) is 4.17. The minimum absolute atomic E-state index is 0.139. The SMILES string of the molecule is CNC(=O)c1ccc(NC(=O)c2ccc(OCc3nnnn3C(C)C)cc2)cc1. The number of tetrazole rings is 1. The van der Waals surface area contributed by atoms with Gasteiger partial charge in [-0.3, -0.25) is 9.59 Å². The van der Waals surface area contributed by atoms with Crippen LogP contribution in [-0.2, 0) is 6.61 Å². The molecule has 2 N–H and O–H groups in total. The van der Waals surface area contributed by atoms with Gasteiger partial charge in [-0.25, -0.2) is 4.68 Å². The molecule has 0 aliphatic carbocycles. The summed E-state index contributed by atoms with van der Waals surface area (Å²) in [6.07, 6.45) is 0. The molecule has 0 unspecified atom stereocenters. The van der Waals surface area contributed by atoms with Gasteiger partial charge < -0.3 is 15.4 Å². The lowest BCUT2D eigenvalue weighted by atomic mass is 10.1. The van der Waals surface area contributed by atoms with Gasteiger partial charge in [0.05, 0.1) is 6.04 Å². The smallest absolute Gasteiger partial charge is 0.255 e. The van der Waals surface area contributed by atoms with Gasteiger partial charge in [0, 0.05) is 23.9 Å². The molecule has 0 radical (unpaired) electrons. The van der Waals surface area contributed by atoms with Gasteiger partial charge in [0.1, 0.15) is 12.4 Å². The molecule has 0 spiro atoms. The quantitative estimate of drug-likeness (QED) is 0.637. The number of hydrogen-bond acceptors (Lipinski definition) is 6. The zero-order chi connectivity index (χ0) is 20.8. The molecule has 9 nitrogen and oxygen atoms in total. The average Bonchev–Trinajstić information content (AvgIpc) is 3.21. The second-order valence-corrected chi connectivity index (χ2v) is 6.56. The van der Waals surface area contributed by atoms with Crippen LogP contribution in [0.3, 0.4) is 0 Å². The Balaban J connectivity index is 1.58. The van der Waals surface area contributed by atoms with Crippen molar-refractivity contribution < 1.29 is 14.3 Å². The van der Waals surface area contributed by atoms with Crippen LogP contribution in [0.5, 0.6) is 5.75 Å². The summed E-state index contributed by atoms with van der Waals surface area (Å²) in [6, 6.07) is 13.6. The summed E-state index contributed by atoms with van der Waals surface area (Å²) in [4.78, 5) is 24.0. The Kier molecular flexibility index (Phi) is 6.18. The first-order chi connectivity index (χ1) is 14.0. The van der Waals surface area contributed by atoms with Crippen molar-refractivity contribution in [2.75, 3.05) is 12.4 Å². The summed E-state index contributed by atoms with van der Waals surface area (Å²) >= 11 is 0. The maximum atomic E-state index is 12.4. The fourth-order valence-electron chi connectivity index (χ4n) is 2.61. The number of carbonyl (C=O) groups excluding carboxylic acids is 2. The molecule has 29 heavy (non-hydrogen) atoms. The van der Waals surface area contributed by atoms with E-state index in [2.05, 4.69) is 26.2 Å². The minimum Gasteiger partial charge on any atom is -0.486 e. The first kappa shape index (κ1) is 20.0. The van der Waals surface area contributed by atoms with Crippen LogP contribution in [0.1, 0.15) is 46.4 Å². The summed E-state index contributed by atoms with van der Waals surface area (Å²) in [5, 5.41) is 16.9. The highest BCUT2D eigenvalue weighted by Crippen LogP contribution is 2.16. The molecule has 2 aromatic carbocycles. The number of hydrogen-bond donors (Lipinski definition) is 2. The number of aromatic nitrogens is 4. The summed E-state index contributed by atoms with van der Waals surface area (Å²) in [5.41, 5.74) is 1.61. The molecule has 0 atom stereocenters. The van der Waals surface area contributed by atoms with Gasteiger partial charge in [-0.05, 0) is 72.8 Å². The molecule has 1 aromatic heterocycles. The molecular formula is C20H22N6O3. The van der Waals surface area contributed by atoms with E-state index in [4.69, 9.17) is 4.74 Å². The molecule has 3 aromatic rings. The molecule has 150 valence electrons. The van der Waals surface area contributed by atoms with Crippen molar-refractivity contribution in [1.29, 1.82) is 0 Å². The normalized spacial score (nSPS) is 10.6. The standard InChI is InChI=1S/C20H22N6O3/c1-13(2)26-18(23-24-25-26)12-29-17-10-6-15(7-11-17)20(28)22-16-8-4-14(5-9-16)19(27)21-3/h4-11,13H,12H2,1-3H3,(H,21,27)(H,22,28). The van der Waals surface area contributed by atoms with Crippen LogP contribution in [0.4, 0.5) is 5.69 Å². The number of benzene rings is 2. The monoisotopic (exact) mass is 394 g/mol. The molecular weight excluding hydrogens is 372 g/mol. The third-order valence-corrected chi connectivity index (χ3v) is 4.17. The van der Waals surface area contributed by atoms with Gasteiger partial charge in [0.2, 0.25) is 0 Å². The Morgan fingerprint density at radius 2 is 1.62 bits per heavy atom. The minimum atomic E-state index is -0.256. The molecule has 3 rings (SSSR count). The highest BCUT2D eigenvalue weighted by molar-refractivity contribution is 6.04. The fraction of sp³-hybridized carbons (Fsp3) is 0.250. The van der Waals surface area contributed by atoms with Crippen LogP contribution in [0.2, 0.25) is 0 Å². The second kappa shape index (κ2) is 8.96. The first-order valence-corrected chi connectivity index (χ1v) is 9.11. The van der Waals surface area contributed by atoms with E-state index in [1.54, 1.807) is 60.3 Å². The van der Waals surface area contributed by atoms with Crippen molar-refractivity contribution in [3.8, 4) is 5.75 Å². The van der Waals surface area contributed by atoms with Crippen molar-refractivity contribution >= 4 is 17.5 Å². The summed E-state index contributed by atoms with van der Waals surface area (Å²) < 4.78 is 7.40. The molecule has 1 heterocycles. The molecule has 0 fully saturated rings. The van der Waals surface area contributed by atoms with Crippen LogP contribution < -0.4 is 15.4 Å². The molecule has 9 heteroatoms. The van der Waals surface area contributed by atoms with Crippen LogP contribution >= 0.6 is 0 Å².